The summed E-state index contributed by atoms with van der Waals surface area (Å²) in [5.41, 5.74) is 1.43. The minimum Gasteiger partial charge on any atom is -0.487 e. The van der Waals surface area contributed by atoms with Crippen LogP contribution in [-0.4, -0.2) is 38.0 Å². The first-order valence-electron chi connectivity index (χ1n) is 10.5. The first-order chi connectivity index (χ1) is 14.0. The van der Waals surface area contributed by atoms with Gasteiger partial charge in [-0.25, -0.2) is 14.8 Å². The monoisotopic (exact) mass is 399 g/mol. The van der Waals surface area contributed by atoms with Gasteiger partial charge in [-0.3, -0.25) is 10.00 Å². The van der Waals surface area contributed by atoms with E-state index in [4.69, 9.17) is 9.47 Å². The molecule has 29 heavy (non-hydrogen) atoms. The Morgan fingerprint density at radius 3 is 2.66 bits per heavy atom. The highest BCUT2D eigenvalue weighted by atomic mass is 16.6. The van der Waals surface area contributed by atoms with Gasteiger partial charge in [0.15, 0.2) is 11.6 Å². The molecule has 2 fully saturated rings. The summed E-state index contributed by atoms with van der Waals surface area (Å²) in [5.74, 6) is 2.21. The van der Waals surface area contributed by atoms with Crippen LogP contribution in [0.5, 0.6) is 5.75 Å². The van der Waals surface area contributed by atoms with Crippen molar-refractivity contribution in [2.75, 3.05) is 5.32 Å². The number of nitrogens with one attached hydrogen (secondary N) is 1. The lowest BCUT2D eigenvalue weighted by Crippen LogP contribution is -2.23. The molecule has 2 aliphatic carbocycles. The molecule has 156 valence electrons. The highest BCUT2D eigenvalue weighted by Crippen LogP contribution is 2.34. The molecule has 4 rings (SSSR count). The van der Waals surface area contributed by atoms with Crippen LogP contribution in [0.15, 0.2) is 12.4 Å². The summed E-state index contributed by atoms with van der Waals surface area (Å²) >= 11 is 0. The third-order valence-electron chi connectivity index (χ3n) is 5.76. The smallest absolute Gasteiger partial charge is 0.413 e. The van der Waals surface area contributed by atoms with Crippen molar-refractivity contribution in [1.29, 1.82) is 0 Å². The lowest BCUT2D eigenvalue weighted by molar-refractivity contribution is 0.108. The Morgan fingerprint density at radius 2 is 1.97 bits per heavy atom. The third kappa shape index (κ3) is 4.68. The van der Waals surface area contributed by atoms with Crippen molar-refractivity contribution in [2.45, 2.75) is 71.0 Å². The number of anilines is 1. The van der Waals surface area contributed by atoms with Crippen LogP contribution in [0, 0.1) is 12.8 Å². The quantitative estimate of drug-likeness (QED) is 0.781. The fourth-order valence-electron chi connectivity index (χ4n) is 3.77. The Bertz CT molecular complexity index is 871. The predicted molar refractivity (Wildman–Crippen MR) is 109 cm³/mol. The van der Waals surface area contributed by atoms with E-state index in [0.717, 1.165) is 37.1 Å². The average molecular weight is 399 g/mol. The lowest BCUT2D eigenvalue weighted by atomic mass is 9.98. The molecule has 1 N–H and O–H groups in total. The van der Waals surface area contributed by atoms with Crippen LogP contribution in [0.25, 0.3) is 11.4 Å². The molecule has 0 aromatic carbocycles. The topological polar surface area (TPSA) is 91.2 Å². The van der Waals surface area contributed by atoms with Gasteiger partial charge in [-0.2, -0.15) is 5.10 Å². The molecule has 0 bridgehead atoms. The number of rotatable bonds is 6. The molecule has 0 spiro atoms. The van der Waals surface area contributed by atoms with Gasteiger partial charge in [0.1, 0.15) is 11.9 Å². The summed E-state index contributed by atoms with van der Waals surface area (Å²) in [7, 11) is 1.76. The Hall–Kier alpha value is -2.64. The number of aryl methyl sites for hydroxylation is 2. The normalized spacial score (nSPS) is 18.3. The first kappa shape index (κ1) is 19.7. The molecule has 0 unspecified atom stereocenters. The zero-order valence-corrected chi connectivity index (χ0v) is 17.4. The molecule has 0 aliphatic heterocycles. The summed E-state index contributed by atoms with van der Waals surface area (Å²) < 4.78 is 13.2. The number of amides is 1. The molecule has 2 saturated carbocycles. The van der Waals surface area contributed by atoms with Gasteiger partial charge in [-0.15, -0.1) is 0 Å². The van der Waals surface area contributed by atoms with Crippen molar-refractivity contribution in [1.82, 2.24) is 19.7 Å². The highest BCUT2D eigenvalue weighted by Gasteiger charge is 2.31. The zero-order chi connectivity index (χ0) is 20.4. The van der Waals surface area contributed by atoms with Crippen LogP contribution >= 0.6 is 0 Å². The second kappa shape index (κ2) is 8.39. The highest BCUT2D eigenvalue weighted by molar-refractivity contribution is 5.88. The second-order valence-corrected chi connectivity index (χ2v) is 8.12. The number of carbonyl (C=O) groups excluding carboxylic acids is 1. The molecule has 1 amide bonds. The summed E-state index contributed by atoms with van der Waals surface area (Å²) in [6.45, 7) is 3.84. The fraction of sp³-hybridized carbons (Fsp3) is 0.619. The van der Waals surface area contributed by atoms with E-state index < -0.39 is 6.09 Å². The van der Waals surface area contributed by atoms with E-state index in [9.17, 15) is 4.79 Å². The van der Waals surface area contributed by atoms with Gasteiger partial charge in [0.25, 0.3) is 0 Å². The van der Waals surface area contributed by atoms with E-state index in [2.05, 4.69) is 20.4 Å². The number of hydrogen-bond acceptors (Lipinski definition) is 6. The summed E-state index contributed by atoms with van der Waals surface area (Å²) in [6.07, 6.45) is 11.2. The molecule has 1 atom stereocenters. The van der Waals surface area contributed by atoms with Crippen LogP contribution in [0.3, 0.4) is 0 Å². The van der Waals surface area contributed by atoms with Crippen molar-refractivity contribution in [3.63, 3.8) is 0 Å². The maximum absolute atomic E-state index is 12.3. The van der Waals surface area contributed by atoms with Gasteiger partial charge >= 0.3 is 6.09 Å². The number of carbonyl (C=O) groups is 1. The molecule has 2 aromatic rings. The Kier molecular flexibility index (Phi) is 5.69. The lowest BCUT2D eigenvalue weighted by Gasteiger charge is -2.23. The van der Waals surface area contributed by atoms with Gasteiger partial charge in [0, 0.05) is 7.05 Å². The van der Waals surface area contributed by atoms with Gasteiger partial charge in [0.2, 0.25) is 0 Å². The number of aromatic nitrogens is 4. The van der Waals surface area contributed by atoms with Crippen LogP contribution in [0.4, 0.5) is 10.6 Å². The Labute approximate surface area is 171 Å². The summed E-state index contributed by atoms with van der Waals surface area (Å²) in [4.78, 5) is 21.4. The van der Waals surface area contributed by atoms with E-state index in [1.165, 1.54) is 19.3 Å². The zero-order valence-electron chi connectivity index (χ0n) is 17.4. The van der Waals surface area contributed by atoms with Crippen molar-refractivity contribution in [2.24, 2.45) is 13.0 Å². The van der Waals surface area contributed by atoms with Crippen molar-refractivity contribution in [3.8, 4) is 17.1 Å². The minimum absolute atomic E-state index is 0.0820. The van der Waals surface area contributed by atoms with E-state index in [1.807, 2.05) is 13.8 Å². The van der Waals surface area contributed by atoms with E-state index in [1.54, 1.807) is 24.1 Å². The average Bonchev–Trinajstić information content (AvgIpc) is 3.50. The summed E-state index contributed by atoms with van der Waals surface area (Å²) in [5, 5.41) is 7.05. The number of hydrogen-bond donors (Lipinski definition) is 1. The standard InChI is InChI=1S/C21H29N5O3/c1-13-18(29-16-7-5-4-6-8-16)12-22-19(24-13)17-11-23-26(3)20(17)25-21(27)28-14(2)15-9-10-15/h11-12,14-16H,4-10H2,1-3H3,(H,25,27)/t14-/m1/s1. The molecule has 0 saturated heterocycles. The third-order valence-corrected chi connectivity index (χ3v) is 5.76. The Balaban J connectivity index is 1.47. The van der Waals surface area contributed by atoms with Crippen LogP contribution in [0.1, 0.15) is 57.6 Å². The molecular weight excluding hydrogens is 370 g/mol. The maximum Gasteiger partial charge on any atom is 0.413 e. The molecule has 0 radical (unpaired) electrons. The second-order valence-electron chi connectivity index (χ2n) is 8.12. The van der Waals surface area contributed by atoms with E-state index >= 15 is 0 Å². The van der Waals surface area contributed by atoms with Gasteiger partial charge < -0.3 is 9.47 Å². The predicted octanol–water partition coefficient (Wildman–Crippen LogP) is 4.24. The van der Waals surface area contributed by atoms with Gasteiger partial charge in [0.05, 0.1) is 29.8 Å². The maximum atomic E-state index is 12.3. The molecule has 2 heterocycles. The number of nitrogens with zero attached hydrogens (tertiary/aromatic N) is 4. The van der Waals surface area contributed by atoms with Gasteiger partial charge in [-0.1, -0.05) is 6.42 Å². The van der Waals surface area contributed by atoms with Crippen molar-refractivity contribution >= 4 is 11.9 Å². The fourth-order valence-corrected chi connectivity index (χ4v) is 3.77. The Morgan fingerprint density at radius 1 is 1.21 bits per heavy atom. The van der Waals surface area contributed by atoms with Crippen molar-refractivity contribution < 1.29 is 14.3 Å². The van der Waals surface area contributed by atoms with Crippen LogP contribution in [0.2, 0.25) is 0 Å². The van der Waals surface area contributed by atoms with E-state index in [-0.39, 0.29) is 12.2 Å². The number of ether oxygens (including phenoxy) is 2. The molecule has 2 aliphatic rings. The van der Waals surface area contributed by atoms with Crippen LogP contribution in [-0.2, 0) is 11.8 Å². The van der Waals surface area contributed by atoms with Gasteiger partial charge in [-0.05, 0) is 58.3 Å². The summed E-state index contributed by atoms with van der Waals surface area (Å²) in [6, 6.07) is 0. The minimum atomic E-state index is -0.483. The van der Waals surface area contributed by atoms with Crippen molar-refractivity contribution in [3.05, 3.63) is 18.1 Å². The van der Waals surface area contributed by atoms with E-state index in [0.29, 0.717) is 23.1 Å². The van der Waals surface area contributed by atoms with Crippen LogP contribution < -0.4 is 10.1 Å². The largest absolute Gasteiger partial charge is 0.487 e. The molecule has 8 nitrogen and oxygen atoms in total. The molecular formula is C21H29N5O3. The molecule has 8 heteroatoms. The first-order valence-corrected chi connectivity index (χ1v) is 10.5. The SMILES string of the molecule is Cc1nc(-c2cnn(C)c2NC(=O)O[C@H](C)C2CC2)ncc1OC1CCCCC1. The molecule has 2 aromatic heterocycles.